The molecule has 1 aliphatic heterocycles. The van der Waals surface area contributed by atoms with Gasteiger partial charge < -0.3 is 14.4 Å². The van der Waals surface area contributed by atoms with E-state index >= 15 is 0 Å². The maximum absolute atomic E-state index is 5.93. The highest BCUT2D eigenvalue weighted by atomic mass is 16.5. The highest BCUT2D eigenvalue weighted by molar-refractivity contribution is 5.76. The average Bonchev–Trinajstić information content (AvgIpc) is 2.80. The summed E-state index contributed by atoms with van der Waals surface area (Å²) in [4.78, 5) is 15.7. The quantitative estimate of drug-likeness (QED) is 0.444. The van der Waals surface area contributed by atoms with Crippen LogP contribution in [0.15, 0.2) is 59.8 Å². The molecule has 3 heterocycles. The molecule has 1 saturated heterocycles. The van der Waals surface area contributed by atoms with Gasteiger partial charge in [0.1, 0.15) is 5.82 Å². The number of rotatable bonds is 8. The molecule has 0 unspecified atom stereocenters. The second kappa shape index (κ2) is 10.5. The largest absolute Gasteiger partial charge is 0.477 e. The lowest BCUT2D eigenvalue weighted by Crippen LogP contribution is -2.37. The predicted molar refractivity (Wildman–Crippen MR) is 121 cm³/mol. The van der Waals surface area contributed by atoms with Crippen molar-refractivity contribution in [1.29, 1.82) is 0 Å². The van der Waals surface area contributed by atoms with Gasteiger partial charge in [-0.05, 0) is 36.8 Å². The minimum absolute atomic E-state index is 0.481. The molecule has 4 rings (SSSR count). The number of hydrazone groups is 1. The zero-order valence-corrected chi connectivity index (χ0v) is 17.6. The fourth-order valence-electron chi connectivity index (χ4n) is 3.20. The van der Waals surface area contributed by atoms with Crippen LogP contribution in [0.1, 0.15) is 17.1 Å². The van der Waals surface area contributed by atoms with Crippen molar-refractivity contribution in [2.45, 2.75) is 13.3 Å². The maximum Gasteiger partial charge on any atom is 0.219 e. The molecule has 2 aromatic heterocycles. The predicted octanol–water partition coefficient (Wildman–Crippen LogP) is 3.08. The number of aryl methyl sites for hydroxylation is 1. The summed E-state index contributed by atoms with van der Waals surface area (Å²) in [6.45, 7) is 5.44. The van der Waals surface area contributed by atoms with E-state index in [1.165, 1.54) is 0 Å². The number of nitrogens with zero attached hydrogens (tertiary/aromatic N) is 5. The van der Waals surface area contributed by atoms with Gasteiger partial charge in [-0.3, -0.25) is 10.4 Å². The molecule has 1 N–H and O–H groups in total. The van der Waals surface area contributed by atoms with E-state index in [4.69, 9.17) is 9.47 Å². The molecule has 8 nitrogen and oxygen atoms in total. The van der Waals surface area contributed by atoms with Crippen molar-refractivity contribution in [3.05, 3.63) is 71.8 Å². The fraction of sp³-hybridized carbons (Fsp3) is 0.304. The molecule has 31 heavy (non-hydrogen) atoms. The SMILES string of the molecule is Cc1cccc(NN=Cc2nc(OCCc3ccccn3)cc(N3CCOCC3)n2)c1. The second-order valence-corrected chi connectivity index (χ2v) is 7.18. The Morgan fingerprint density at radius 1 is 1.13 bits per heavy atom. The van der Waals surface area contributed by atoms with Gasteiger partial charge in [0.05, 0.1) is 31.7 Å². The van der Waals surface area contributed by atoms with Crippen molar-refractivity contribution in [3.63, 3.8) is 0 Å². The number of ether oxygens (including phenoxy) is 2. The molecule has 0 amide bonds. The van der Waals surface area contributed by atoms with Gasteiger partial charge in [-0.2, -0.15) is 10.1 Å². The van der Waals surface area contributed by atoms with Gasteiger partial charge >= 0.3 is 0 Å². The van der Waals surface area contributed by atoms with Crippen molar-refractivity contribution < 1.29 is 9.47 Å². The summed E-state index contributed by atoms with van der Waals surface area (Å²) in [7, 11) is 0. The van der Waals surface area contributed by atoms with Crippen molar-refractivity contribution in [2.24, 2.45) is 5.10 Å². The van der Waals surface area contributed by atoms with Crippen LogP contribution in [0, 0.1) is 6.92 Å². The normalized spacial score (nSPS) is 14.0. The van der Waals surface area contributed by atoms with E-state index in [2.05, 4.69) is 30.4 Å². The lowest BCUT2D eigenvalue weighted by Gasteiger charge is -2.28. The van der Waals surface area contributed by atoms with Gasteiger partial charge in [0.2, 0.25) is 5.88 Å². The van der Waals surface area contributed by atoms with Crippen LogP contribution in [0.2, 0.25) is 0 Å². The topological polar surface area (TPSA) is 84.8 Å². The summed E-state index contributed by atoms with van der Waals surface area (Å²) >= 11 is 0. The van der Waals surface area contributed by atoms with Crippen molar-refractivity contribution in [3.8, 4) is 5.88 Å². The molecule has 0 atom stereocenters. The molecule has 0 aliphatic carbocycles. The van der Waals surface area contributed by atoms with Gasteiger partial charge in [0, 0.05) is 37.5 Å². The van der Waals surface area contributed by atoms with E-state index in [0.717, 1.165) is 35.9 Å². The average molecular weight is 419 g/mol. The van der Waals surface area contributed by atoms with Gasteiger partial charge in [-0.1, -0.05) is 18.2 Å². The molecule has 1 fully saturated rings. The Kier molecular flexibility index (Phi) is 7.02. The van der Waals surface area contributed by atoms with E-state index in [1.807, 2.05) is 55.5 Å². The van der Waals surface area contributed by atoms with Crippen molar-refractivity contribution in [1.82, 2.24) is 15.0 Å². The zero-order valence-electron chi connectivity index (χ0n) is 17.6. The maximum atomic E-state index is 5.93. The number of hydrogen-bond acceptors (Lipinski definition) is 8. The van der Waals surface area contributed by atoms with Crippen LogP contribution in [-0.4, -0.2) is 54.1 Å². The first-order chi connectivity index (χ1) is 15.3. The number of nitrogens with one attached hydrogen (secondary N) is 1. The lowest BCUT2D eigenvalue weighted by molar-refractivity contribution is 0.122. The Labute approximate surface area is 182 Å². The number of hydrogen-bond donors (Lipinski definition) is 1. The van der Waals surface area contributed by atoms with Gasteiger partial charge in [0.25, 0.3) is 0 Å². The minimum atomic E-state index is 0.481. The summed E-state index contributed by atoms with van der Waals surface area (Å²) in [5.74, 6) is 1.81. The summed E-state index contributed by atoms with van der Waals surface area (Å²) < 4.78 is 11.4. The van der Waals surface area contributed by atoms with Crippen LogP contribution in [0.5, 0.6) is 5.88 Å². The lowest BCUT2D eigenvalue weighted by atomic mass is 10.2. The molecular formula is C23H26N6O2. The second-order valence-electron chi connectivity index (χ2n) is 7.18. The number of pyridine rings is 1. The minimum Gasteiger partial charge on any atom is -0.477 e. The molecular weight excluding hydrogens is 392 g/mol. The monoisotopic (exact) mass is 418 g/mol. The van der Waals surface area contributed by atoms with E-state index in [-0.39, 0.29) is 0 Å². The number of aromatic nitrogens is 3. The Morgan fingerprint density at radius 2 is 2.03 bits per heavy atom. The van der Waals surface area contributed by atoms with E-state index in [0.29, 0.717) is 37.9 Å². The Bertz CT molecular complexity index is 1010. The molecule has 8 heteroatoms. The van der Waals surface area contributed by atoms with Crippen LogP contribution < -0.4 is 15.1 Å². The summed E-state index contributed by atoms with van der Waals surface area (Å²) in [5.41, 5.74) is 6.08. The van der Waals surface area contributed by atoms with Crippen molar-refractivity contribution >= 4 is 17.7 Å². The van der Waals surface area contributed by atoms with Crippen LogP contribution in [0.3, 0.4) is 0 Å². The summed E-state index contributed by atoms with van der Waals surface area (Å²) in [5, 5.41) is 4.30. The third-order valence-electron chi connectivity index (χ3n) is 4.77. The summed E-state index contributed by atoms with van der Waals surface area (Å²) in [6, 6.07) is 15.7. The third-order valence-corrected chi connectivity index (χ3v) is 4.77. The van der Waals surface area contributed by atoms with E-state index in [1.54, 1.807) is 12.4 Å². The molecule has 0 spiro atoms. The Hall–Kier alpha value is -3.52. The van der Waals surface area contributed by atoms with Gasteiger partial charge in [-0.15, -0.1) is 0 Å². The molecule has 0 saturated carbocycles. The van der Waals surface area contributed by atoms with E-state index < -0.39 is 0 Å². The van der Waals surface area contributed by atoms with Crippen LogP contribution in [-0.2, 0) is 11.2 Å². The highest BCUT2D eigenvalue weighted by Gasteiger charge is 2.15. The zero-order chi connectivity index (χ0) is 21.3. The molecule has 160 valence electrons. The van der Waals surface area contributed by atoms with Crippen LogP contribution >= 0.6 is 0 Å². The Morgan fingerprint density at radius 3 is 2.84 bits per heavy atom. The van der Waals surface area contributed by atoms with Gasteiger partial charge in [-0.25, -0.2) is 4.98 Å². The molecule has 0 radical (unpaired) electrons. The molecule has 1 aromatic carbocycles. The molecule has 3 aromatic rings. The van der Waals surface area contributed by atoms with Gasteiger partial charge in [0.15, 0.2) is 5.82 Å². The third kappa shape index (κ3) is 6.23. The summed E-state index contributed by atoms with van der Waals surface area (Å²) in [6.07, 6.45) is 4.10. The van der Waals surface area contributed by atoms with Crippen LogP contribution in [0.25, 0.3) is 0 Å². The smallest absolute Gasteiger partial charge is 0.219 e. The molecule has 0 bridgehead atoms. The number of benzene rings is 1. The first-order valence-corrected chi connectivity index (χ1v) is 10.4. The number of morpholine rings is 1. The Balaban J connectivity index is 1.47. The van der Waals surface area contributed by atoms with Crippen LogP contribution in [0.4, 0.5) is 11.5 Å². The first kappa shape index (κ1) is 20.7. The first-order valence-electron chi connectivity index (χ1n) is 10.4. The fourth-order valence-corrected chi connectivity index (χ4v) is 3.20. The number of anilines is 2. The van der Waals surface area contributed by atoms with E-state index in [9.17, 15) is 0 Å². The standard InChI is InChI=1S/C23H26N6O2/c1-18-5-4-7-20(15-18)28-25-17-21-26-22(29-10-13-30-14-11-29)16-23(27-21)31-12-8-19-6-2-3-9-24-19/h2-7,9,15-17,28H,8,10-14H2,1H3. The molecule has 1 aliphatic rings. The van der Waals surface area contributed by atoms with Crippen molar-refractivity contribution in [2.75, 3.05) is 43.2 Å². The highest BCUT2D eigenvalue weighted by Crippen LogP contribution is 2.19.